The van der Waals surface area contributed by atoms with Crippen LogP contribution in [-0.2, 0) is 27.8 Å². The minimum atomic E-state index is -1.07. The highest BCUT2D eigenvalue weighted by atomic mass is 19.1. The van der Waals surface area contributed by atoms with E-state index in [0.29, 0.717) is 60.5 Å². The fourth-order valence-electron chi connectivity index (χ4n) is 7.30. The molecular weight excluding hydrogens is 792 g/mol. The number of alkyl halides is 1. The van der Waals surface area contributed by atoms with Crippen LogP contribution in [-0.4, -0.2) is 108 Å². The second kappa shape index (κ2) is 16.8. The van der Waals surface area contributed by atoms with Crippen LogP contribution in [0, 0.1) is 0 Å². The summed E-state index contributed by atoms with van der Waals surface area (Å²) in [6.07, 6.45) is 5.11. The second-order valence-electron chi connectivity index (χ2n) is 15.0. The number of imidazole rings is 2. The number of halogens is 1. The molecule has 1 aromatic carbocycles. The van der Waals surface area contributed by atoms with Crippen LogP contribution in [0.15, 0.2) is 76.7 Å². The number of benzene rings is 1. The van der Waals surface area contributed by atoms with Gasteiger partial charge in [0, 0.05) is 65.6 Å². The number of rotatable bonds is 15. The van der Waals surface area contributed by atoms with Gasteiger partial charge in [-0.3, -0.25) is 43.0 Å². The quantitative estimate of drug-likeness (QED) is 0.0865. The molecule has 4 amide bonds. The molecule has 0 bridgehead atoms. The Balaban J connectivity index is 0.839. The van der Waals surface area contributed by atoms with E-state index in [4.69, 9.17) is 4.74 Å². The number of aromatic nitrogens is 7. The fraction of sp³-hybridized carbons (Fsp3) is 0.341. The smallest absolute Gasteiger partial charge is 0.329 e. The highest BCUT2D eigenvalue weighted by Crippen LogP contribution is 2.27. The van der Waals surface area contributed by atoms with Crippen molar-refractivity contribution in [2.24, 2.45) is 7.05 Å². The van der Waals surface area contributed by atoms with Crippen molar-refractivity contribution in [2.75, 3.05) is 44.5 Å². The van der Waals surface area contributed by atoms with E-state index < -0.39 is 35.6 Å². The van der Waals surface area contributed by atoms with Crippen molar-refractivity contribution in [3.63, 3.8) is 0 Å². The van der Waals surface area contributed by atoms with E-state index in [-0.39, 0.29) is 59.8 Å². The van der Waals surface area contributed by atoms with Crippen molar-refractivity contribution in [2.45, 2.75) is 50.4 Å². The molecule has 1 aliphatic carbocycles. The maximum absolute atomic E-state index is 13.6. The summed E-state index contributed by atoms with van der Waals surface area (Å²) in [4.78, 5) is 87.1. The fourth-order valence-corrected chi connectivity index (χ4v) is 7.30. The number of carbonyl (C=O) groups excluding carboxylic acids is 4. The van der Waals surface area contributed by atoms with Gasteiger partial charge in [-0.2, -0.15) is 0 Å². The number of hydrogen-bond acceptors (Lipinski definition) is 12. The Morgan fingerprint density at radius 1 is 1.02 bits per heavy atom. The van der Waals surface area contributed by atoms with Crippen LogP contribution in [0.25, 0.3) is 22.5 Å². The van der Waals surface area contributed by atoms with E-state index in [0.717, 1.165) is 5.56 Å². The molecule has 0 radical (unpaired) electrons. The molecule has 0 spiro atoms. The lowest BCUT2D eigenvalue weighted by atomic mass is 10.1. The summed E-state index contributed by atoms with van der Waals surface area (Å²) in [5, 5.41) is 15.5. The maximum atomic E-state index is 13.6. The van der Waals surface area contributed by atoms with Gasteiger partial charge in [-0.1, -0.05) is 6.07 Å². The number of piperidine rings is 1. The van der Waals surface area contributed by atoms with Gasteiger partial charge >= 0.3 is 5.69 Å². The first-order valence-corrected chi connectivity index (χ1v) is 19.7. The Morgan fingerprint density at radius 2 is 1.84 bits per heavy atom. The molecular formula is C41H43FN12O7. The van der Waals surface area contributed by atoms with Crippen molar-refractivity contribution in [1.29, 1.82) is 0 Å². The van der Waals surface area contributed by atoms with Gasteiger partial charge in [-0.25, -0.2) is 23.7 Å². The van der Waals surface area contributed by atoms with Gasteiger partial charge in [0.2, 0.25) is 11.8 Å². The Morgan fingerprint density at radius 3 is 2.57 bits per heavy atom. The van der Waals surface area contributed by atoms with Gasteiger partial charge in [0.25, 0.3) is 17.4 Å². The number of carbonyl (C=O) groups is 4. The van der Waals surface area contributed by atoms with E-state index in [2.05, 4.69) is 36.3 Å². The number of anilines is 3. The lowest BCUT2D eigenvalue weighted by Gasteiger charge is -2.21. The highest BCUT2D eigenvalue weighted by Gasteiger charge is 2.39. The standard InChI is InChI=1S/C41H43FN12O7/c1-43-28-20-33(49-54-32(22-45-36(28)54)38(57)47-27-19-25(27)42)46-26-6-4-15-52(40(26)59)34-11-8-24(21-44-34)39(58)50(2)14-5-16-61-17-13-23-7-9-29-31(18-23)51(3)41(60)53(29)30-10-12-35(55)48-37(30)56/h4,6-9,11,15,18,20-22,25,27,30,43H,5,10,12-14,16-17,19H2,1-3H3,(H,46,49)(H,47,57)(H,48,55,56)/t25-,27+,30?/m0/s1. The summed E-state index contributed by atoms with van der Waals surface area (Å²) < 4.78 is 24.9. The largest absolute Gasteiger partial charge is 0.385 e. The van der Waals surface area contributed by atoms with Crippen molar-refractivity contribution < 1.29 is 28.3 Å². The summed E-state index contributed by atoms with van der Waals surface area (Å²) in [6.45, 7) is 1.26. The molecule has 8 rings (SSSR count). The van der Waals surface area contributed by atoms with Gasteiger partial charge < -0.3 is 25.6 Å². The Kier molecular flexibility index (Phi) is 11.2. The first kappa shape index (κ1) is 40.6. The number of pyridine rings is 2. The van der Waals surface area contributed by atoms with Crippen molar-refractivity contribution in [3.05, 3.63) is 105 Å². The zero-order chi connectivity index (χ0) is 42.9. The molecule has 61 heavy (non-hydrogen) atoms. The van der Waals surface area contributed by atoms with Crippen molar-refractivity contribution in [3.8, 4) is 5.82 Å². The zero-order valence-electron chi connectivity index (χ0n) is 33.6. The monoisotopic (exact) mass is 834 g/mol. The highest BCUT2D eigenvalue weighted by molar-refractivity contribution is 6.00. The van der Waals surface area contributed by atoms with Crippen LogP contribution in [0.3, 0.4) is 0 Å². The topological polar surface area (TPSA) is 221 Å². The molecule has 20 heteroatoms. The predicted octanol–water partition coefficient (Wildman–Crippen LogP) is 2.25. The molecule has 5 aromatic heterocycles. The van der Waals surface area contributed by atoms with Crippen LogP contribution in [0.1, 0.15) is 58.1 Å². The molecule has 1 saturated carbocycles. The number of fused-ring (bicyclic) bond motifs is 2. The molecule has 316 valence electrons. The number of imide groups is 1. The number of nitrogens with one attached hydrogen (secondary N) is 4. The van der Waals surface area contributed by atoms with E-state index in [9.17, 15) is 33.2 Å². The van der Waals surface area contributed by atoms with Crippen LogP contribution in [0.5, 0.6) is 0 Å². The minimum absolute atomic E-state index is 0.110. The molecule has 6 aromatic rings. The molecule has 2 fully saturated rings. The number of amides is 4. The molecule has 2 aliphatic rings. The minimum Gasteiger partial charge on any atom is -0.385 e. The molecule has 6 heterocycles. The van der Waals surface area contributed by atoms with Crippen LogP contribution >= 0.6 is 0 Å². The van der Waals surface area contributed by atoms with Crippen molar-refractivity contribution in [1.82, 2.24) is 48.8 Å². The van der Waals surface area contributed by atoms with E-state index >= 15 is 0 Å². The third-order valence-corrected chi connectivity index (χ3v) is 10.8. The van der Waals surface area contributed by atoms with Crippen molar-refractivity contribution >= 4 is 57.5 Å². The number of nitrogens with zero attached hydrogens (tertiary/aromatic N) is 8. The zero-order valence-corrected chi connectivity index (χ0v) is 33.6. The Hall–Kier alpha value is -7.22. The third kappa shape index (κ3) is 8.21. The van der Waals surface area contributed by atoms with E-state index in [1.54, 1.807) is 62.6 Å². The summed E-state index contributed by atoms with van der Waals surface area (Å²) in [6, 6.07) is 12.4. The average Bonchev–Trinajstić information content (AvgIpc) is 3.67. The molecule has 1 aliphatic heterocycles. The Labute approximate surface area is 346 Å². The van der Waals surface area contributed by atoms with Crippen LogP contribution in [0.4, 0.5) is 21.6 Å². The lowest BCUT2D eigenvalue weighted by Crippen LogP contribution is -2.44. The first-order valence-electron chi connectivity index (χ1n) is 19.7. The van der Waals surface area contributed by atoms with Gasteiger partial charge in [0.15, 0.2) is 17.2 Å². The Bertz CT molecular complexity index is 2810. The molecule has 1 saturated heterocycles. The van der Waals surface area contributed by atoms with Gasteiger partial charge in [0.05, 0.1) is 41.1 Å². The lowest BCUT2D eigenvalue weighted by molar-refractivity contribution is -0.135. The maximum Gasteiger partial charge on any atom is 0.329 e. The third-order valence-electron chi connectivity index (χ3n) is 10.8. The van der Waals surface area contributed by atoms with Crippen LogP contribution < -0.4 is 32.5 Å². The molecule has 19 nitrogen and oxygen atoms in total. The van der Waals surface area contributed by atoms with E-state index in [1.807, 2.05) is 18.2 Å². The van der Waals surface area contributed by atoms with Crippen LogP contribution in [0.2, 0.25) is 0 Å². The number of hydrogen-bond donors (Lipinski definition) is 4. The van der Waals surface area contributed by atoms with Gasteiger partial charge in [0.1, 0.15) is 23.7 Å². The SMILES string of the molecule is CNc1cc(Nc2cccn(-c3ccc(C(=O)N(C)CCCOCCc4ccc5c(c4)n(C)c(=O)n5C4CCC(=O)NC4=O)cn3)c2=O)nn2c(C(=O)N[C@@H]3C[C@@H]3F)cnc12. The predicted molar refractivity (Wildman–Crippen MR) is 221 cm³/mol. The van der Waals surface area contributed by atoms with Gasteiger partial charge in [-0.05, 0) is 61.2 Å². The molecule has 3 atom stereocenters. The number of ether oxygens (including phenoxy) is 1. The van der Waals surface area contributed by atoms with Gasteiger partial charge in [-0.15, -0.1) is 5.10 Å². The average molecular weight is 835 g/mol. The first-order chi connectivity index (χ1) is 29.4. The second-order valence-corrected chi connectivity index (χ2v) is 15.0. The molecule has 4 N–H and O–H groups in total. The summed E-state index contributed by atoms with van der Waals surface area (Å²) in [5.41, 5.74) is 3.01. The summed E-state index contributed by atoms with van der Waals surface area (Å²) >= 11 is 0. The summed E-state index contributed by atoms with van der Waals surface area (Å²) in [7, 11) is 5.02. The number of aryl methyl sites for hydroxylation is 1. The molecule has 1 unspecified atom stereocenters. The van der Waals surface area contributed by atoms with E-state index in [1.165, 1.54) is 30.6 Å². The summed E-state index contributed by atoms with van der Waals surface area (Å²) in [5.74, 6) is -1.06. The normalized spacial score (nSPS) is 17.3.